The Labute approximate surface area is 279 Å². The zero-order valence-electron chi connectivity index (χ0n) is 28.6. The number of benzene rings is 1. The fourth-order valence-corrected chi connectivity index (χ4v) is 6.77. The van der Waals surface area contributed by atoms with Crippen molar-refractivity contribution in [1.29, 1.82) is 0 Å². The molecule has 2 atom stereocenters. The van der Waals surface area contributed by atoms with Gasteiger partial charge in [-0.05, 0) is 64.2 Å². The van der Waals surface area contributed by atoms with Crippen LogP contribution in [0.25, 0.3) is 0 Å². The van der Waals surface area contributed by atoms with E-state index in [0.717, 1.165) is 21.8 Å². The molecule has 5 amide bonds. The van der Waals surface area contributed by atoms with Crippen molar-refractivity contribution in [3.63, 3.8) is 0 Å². The molecule has 0 bridgehead atoms. The first-order chi connectivity index (χ1) is 21.7. The number of hydrogen-bond donors (Lipinski definition) is 5. The maximum atomic E-state index is 13.7. The number of thiazole rings is 1. The number of carboxylic acid groups (broad SMARTS) is 2. The lowest BCUT2D eigenvalue weighted by Crippen LogP contribution is -2.76. The molecule has 2 heterocycles. The van der Waals surface area contributed by atoms with E-state index in [0.29, 0.717) is 53.6 Å². The first kappa shape index (κ1) is 37.1. The van der Waals surface area contributed by atoms with Crippen LogP contribution in [0.3, 0.4) is 0 Å². The minimum atomic E-state index is -1.75. The van der Waals surface area contributed by atoms with Crippen LogP contribution in [-0.4, -0.2) is 97.8 Å². The van der Waals surface area contributed by atoms with Crippen LogP contribution in [0.4, 0.5) is 20.4 Å². The average molecular weight is 674 g/mol. The Morgan fingerprint density at radius 2 is 1.62 bits per heavy atom. The molecule has 47 heavy (non-hydrogen) atoms. The second-order valence-corrected chi connectivity index (χ2v) is 14.9. The summed E-state index contributed by atoms with van der Waals surface area (Å²) in [7, 11) is 3.32. The zero-order valence-corrected chi connectivity index (χ0v) is 29.4. The normalized spacial score (nSPS) is 16.2. The third-order valence-corrected chi connectivity index (χ3v) is 8.92. The maximum absolute atomic E-state index is 13.7. The Hall–Kier alpha value is -4.40. The van der Waals surface area contributed by atoms with E-state index < -0.39 is 35.0 Å². The molecule has 1 aliphatic rings. The van der Waals surface area contributed by atoms with E-state index in [2.05, 4.69) is 20.9 Å². The molecular formula is C32H47N7O7S. The van der Waals surface area contributed by atoms with Crippen molar-refractivity contribution in [2.75, 3.05) is 31.3 Å². The van der Waals surface area contributed by atoms with Crippen molar-refractivity contribution in [2.24, 2.45) is 5.41 Å². The molecule has 0 spiro atoms. The molecule has 1 aliphatic heterocycles. The average Bonchev–Trinajstić information content (AvgIpc) is 3.57. The molecule has 1 aromatic carbocycles. The highest BCUT2D eigenvalue weighted by Crippen LogP contribution is 2.39. The molecule has 258 valence electrons. The highest BCUT2D eigenvalue weighted by Gasteiger charge is 2.54. The number of aromatic nitrogens is 1. The summed E-state index contributed by atoms with van der Waals surface area (Å²) in [5.74, 6) is -2.49. The Morgan fingerprint density at radius 1 is 1.00 bits per heavy atom. The third-order valence-electron chi connectivity index (χ3n) is 7.91. The fraction of sp³-hybridized carbons (Fsp3) is 0.562. The van der Waals surface area contributed by atoms with Gasteiger partial charge in [0.25, 0.3) is 5.91 Å². The highest BCUT2D eigenvalue weighted by atomic mass is 32.1. The molecule has 14 nitrogen and oxygen atoms in total. The summed E-state index contributed by atoms with van der Waals surface area (Å²) in [6.45, 7) is 12.1. The molecule has 0 radical (unpaired) electrons. The minimum Gasteiger partial charge on any atom is -0.465 e. The van der Waals surface area contributed by atoms with Gasteiger partial charge in [-0.2, -0.15) is 0 Å². The number of nitrogens with one attached hydrogen (secondary N) is 3. The van der Waals surface area contributed by atoms with Crippen LogP contribution in [0.5, 0.6) is 0 Å². The quantitative estimate of drug-likeness (QED) is 0.222. The van der Waals surface area contributed by atoms with Gasteiger partial charge in [0.2, 0.25) is 17.6 Å². The van der Waals surface area contributed by atoms with E-state index in [1.165, 1.54) is 11.8 Å². The van der Waals surface area contributed by atoms with Gasteiger partial charge in [0, 0.05) is 44.2 Å². The van der Waals surface area contributed by atoms with Crippen molar-refractivity contribution < 1.29 is 34.2 Å². The van der Waals surface area contributed by atoms with E-state index in [4.69, 9.17) is 0 Å². The van der Waals surface area contributed by atoms with Gasteiger partial charge in [-0.15, -0.1) is 0 Å². The maximum Gasteiger partial charge on any atom is 0.411 e. The van der Waals surface area contributed by atoms with Crippen LogP contribution < -0.4 is 16.0 Å². The van der Waals surface area contributed by atoms with Crippen molar-refractivity contribution in [3.05, 3.63) is 40.4 Å². The highest BCUT2D eigenvalue weighted by molar-refractivity contribution is 7.17. The SMILES string of the molecule is CC(=O)Nc1nc(CCc2ccc(NC(NC(=O)O)(N(C(=O)O)C(C)(C)C)C(C)(C)C)cc2)c(C(=O)N2CCC[C@H]2C(=O)N(C)C)s1. The lowest BCUT2D eigenvalue weighted by atomic mass is 9.82. The van der Waals surface area contributed by atoms with Crippen LogP contribution >= 0.6 is 11.3 Å². The molecule has 1 fully saturated rings. The summed E-state index contributed by atoms with van der Waals surface area (Å²) in [6.07, 6.45) is -0.560. The monoisotopic (exact) mass is 673 g/mol. The van der Waals surface area contributed by atoms with Crippen molar-refractivity contribution in [1.82, 2.24) is 25.0 Å². The third kappa shape index (κ3) is 8.50. The second kappa shape index (κ2) is 14.2. The van der Waals surface area contributed by atoms with Gasteiger partial charge in [-0.1, -0.05) is 44.2 Å². The molecule has 1 unspecified atom stereocenters. The second-order valence-electron chi connectivity index (χ2n) is 13.9. The lowest BCUT2D eigenvalue weighted by molar-refractivity contribution is -0.132. The smallest absolute Gasteiger partial charge is 0.411 e. The molecule has 1 aromatic heterocycles. The standard InChI is InChI=1S/C32H47N7O7S/c1-19(40)33-27-34-22(24(47-27)26(42)38-18-10-11-23(38)25(41)37(8)9)17-14-20-12-15-21(16-13-20)35-32(30(2,3)4,36-28(43)44)39(29(45)46)31(5,6)7/h12-13,15-16,23,35-36H,10-11,14,17-18H2,1-9H3,(H,43,44)(H,45,46)(H,33,34,40)/t23-,32?/m0/s1. The van der Waals surface area contributed by atoms with Crippen molar-refractivity contribution in [2.45, 2.75) is 91.5 Å². The van der Waals surface area contributed by atoms with Crippen LogP contribution in [0.15, 0.2) is 24.3 Å². The van der Waals surface area contributed by atoms with Gasteiger partial charge >= 0.3 is 12.2 Å². The molecule has 3 rings (SSSR count). The number of rotatable bonds is 10. The predicted octanol–water partition coefficient (Wildman–Crippen LogP) is 4.74. The van der Waals surface area contributed by atoms with Crippen LogP contribution in [-0.2, 0) is 22.4 Å². The van der Waals surface area contributed by atoms with E-state index >= 15 is 0 Å². The number of likely N-dealkylation sites (tertiary alicyclic amines) is 1. The summed E-state index contributed by atoms with van der Waals surface area (Å²) in [4.78, 5) is 71.9. The summed E-state index contributed by atoms with van der Waals surface area (Å²) < 4.78 is 0. The number of anilines is 2. The Morgan fingerprint density at radius 3 is 2.11 bits per heavy atom. The molecule has 2 aromatic rings. The minimum absolute atomic E-state index is 0.138. The molecule has 1 saturated heterocycles. The summed E-state index contributed by atoms with van der Waals surface area (Å²) >= 11 is 1.09. The van der Waals surface area contributed by atoms with E-state index in [1.54, 1.807) is 72.7 Å². The number of carbonyl (C=O) groups is 5. The first-order valence-corrected chi connectivity index (χ1v) is 16.2. The van der Waals surface area contributed by atoms with Gasteiger partial charge in [0.05, 0.1) is 5.69 Å². The Bertz CT molecular complexity index is 1490. The predicted molar refractivity (Wildman–Crippen MR) is 180 cm³/mol. The van der Waals surface area contributed by atoms with Gasteiger partial charge in [0.15, 0.2) is 5.13 Å². The number of likely N-dealkylation sites (N-methyl/N-ethyl adjacent to an activating group) is 1. The summed E-state index contributed by atoms with van der Waals surface area (Å²) in [6, 6.07) is 6.57. The van der Waals surface area contributed by atoms with Crippen LogP contribution in [0.2, 0.25) is 0 Å². The first-order valence-electron chi connectivity index (χ1n) is 15.4. The van der Waals surface area contributed by atoms with Crippen molar-refractivity contribution >= 4 is 52.1 Å². The Balaban J connectivity index is 1.90. The summed E-state index contributed by atoms with van der Waals surface area (Å²) in [5, 5.41) is 28.7. The number of hydrogen-bond acceptors (Lipinski definition) is 8. The molecule has 5 N–H and O–H groups in total. The zero-order chi connectivity index (χ0) is 35.5. The van der Waals surface area contributed by atoms with Crippen molar-refractivity contribution in [3.8, 4) is 0 Å². The number of carbonyl (C=O) groups excluding carboxylic acids is 3. The van der Waals surface area contributed by atoms with Crippen LogP contribution in [0, 0.1) is 5.41 Å². The Kier molecular flexibility index (Phi) is 11.2. The number of nitrogens with zero attached hydrogens (tertiary/aromatic N) is 4. The van der Waals surface area contributed by atoms with Gasteiger partial charge in [0.1, 0.15) is 10.9 Å². The topological polar surface area (TPSA) is 185 Å². The van der Waals surface area contributed by atoms with Gasteiger partial charge in [-0.3, -0.25) is 24.6 Å². The molecule has 0 aliphatic carbocycles. The largest absolute Gasteiger partial charge is 0.465 e. The van der Waals surface area contributed by atoms with E-state index in [9.17, 15) is 34.2 Å². The van der Waals surface area contributed by atoms with Crippen LogP contribution in [0.1, 0.15) is 82.2 Å². The lowest BCUT2D eigenvalue weighted by Gasteiger charge is -2.55. The van der Waals surface area contributed by atoms with Gasteiger partial charge in [-0.25, -0.2) is 14.6 Å². The van der Waals surface area contributed by atoms with Gasteiger partial charge < -0.3 is 30.6 Å². The molecule has 0 saturated carbocycles. The fourth-order valence-electron chi connectivity index (χ4n) is 5.76. The van der Waals surface area contributed by atoms with E-state index in [-0.39, 0.29) is 17.7 Å². The number of aryl methyl sites for hydroxylation is 2. The molecular weight excluding hydrogens is 626 g/mol. The van der Waals surface area contributed by atoms with E-state index in [1.807, 2.05) is 12.1 Å². The number of amides is 5. The molecule has 15 heteroatoms. The summed E-state index contributed by atoms with van der Waals surface area (Å²) in [5.41, 5.74) is -0.0596.